The summed E-state index contributed by atoms with van der Waals surface area (Å²) in [6.07, 6.45) is 0.468. The quantitative estimate of drug-likeness (QED) is 0.739. The molecule has 1 aliphatic carbocycles. The Hall–Kier alpha value is -2.24. The molecule has 2 aliphatic rings. The topological polar surface area (TPSA) is 65.1 Å². The van der Waals surface area contributed by atoms with Gasteiger partial charge in [-0.05, 0) is 30.9 Å². The lowest BCUT2D eigenvalue weighted by atomic mass is 9.96. The zero-order chi connectivity index (χ0) is 18.1. The summed E-state index contributed by atoms with van der Waals surface area (Å²) < 4.78 is 15.9. The average molecular weight is 347 g/mol. The zero-order valence-corrected chi connectivity index (χ0v) is 15.2. The van der Waals surface area contributed by atoms with Gasteiger partial charge in [-0.2, -0.15) is 0 Å². The minimum Gasteiger partial charge on any atom is -0.497 e. The molecule has 25 heavy (non-hydrogen) atoms. The molecule has 0 unspecified atom stereocenters. The first kappa shape index (κ1) is 17.6. The Labute approximate surface area is 148 Å². The normalized spacial score (nSPS) is 27.5. The Balaban J connectivity index is 1.82. The van der Waals surface area contributed by atoms with Gasteiger partial charge in [-0.25, -0.2) is 0 Å². The Morgan fingerprint density at radius 1 is 1.28 bits per heavy atom. The third-order valence-corrected chi connectivity index (χ3v) is 5.26. The maximum Gasteiger partial charge on any atom is 0.311 e. The molecule has 0 N–H and O–H groups in total. The van der Waals surface area contributed by atoms with Gasteiger partial charge in [0.05, 0.1) is 26.7 Å². The molecule has 0 spiro atoms. The van der Waals surface area contributed by atoms with Crippen molar-refractivity contribution in [1.29, 1.82) is 0 Å². The molecule has 2 fully saturated rings. The largest absolute Gasteiger partial charge is 0.497 e. The Morgan fingerprint density at radius 3 is 2.68 bits per heavy atom. The number of fused-ring (bicyclic) bond motifs is 1. The molecule has 4 atom stereocenters. The van der Waals surface area contributed by atoms with Crippen LogP contribution in [0.4, 0.5) is 0 Å². The summed E-state index contributed by atoms with van der Waals surface area (Å²) in [5.41, 5.74) is 0.902. The number of benzene rings is 1. The Bertz CT molecular complexity index is 674. The van der Waals surface area contributed by atoms with Gasteiger partial charge in [0.15, 0.2) is 0 Å². The summed E-state index contributed by atoms with van der Waals surface area (Å²) in [6, 6.07) is 5.49. The first-order valence-corrected chi connectivity index (χ1v) is 8.68. The number of carbonyl (C=O) groups is 2. The molecule has 1 aliphatic heterocycles. The van der Waals surface area contributed by atoms with Crippen molar-refractivity contribution in [2.24, 2.45) is 17.8 Å². The molecule has 3 rings (SSSR count). The van der Waals surface area contributed by atoms with Crippen LogP contribution < -0.4 is 9.47 Å². The number of hydrogen-bond acceptors (Lipinski definition) is 5. The second kappa shape index (κ2) is 6.94. The molecular formula is C19H25NO5. The smallest absolute Gasteiger partial charge is 0.311 e. The van der Waals surface area contributed by atoms with Crippen LogP contribution in [0.3, 0.4) is 0 Å². The molecule has 6 heteroatoms. The van der Waals surface area contributed by atoms with Gasteiger partial charge >= 0.3 is 5.97 Å². The van der Waals surface area contributed by atoms with Crippen molar-refractivity contribution >= 4 is 11.9 Å². The lowest BCUT2D eigenvalue weighted by Crippen LogP contribution is -2.39. The van der Waals surface area contributed by atoms with Crippen LogP contribution in [0.2, 0.25) is 0 Å². The minimum absolute atomic E-state index is 0.0675. The van der Waals surface area contributed by atoms with Crippen LogP contribution >= 0.6 is 0 Å². The minimum atomic E-state index is -0.203. The van der Waals surface area contributed by atoms with E-state index in [1.54, 1.807) is 27.2 Å². The second-order valence-electron chi connectivity index (χ2n) is 6.73. The van der Waals surface area contributed by atoms with E-state index in [4.69, 9.17) is 14.2 Å². The van der Waals surface area contributed by atoms with Crippen LogP contribution in [0.1, 0.15) is 25.8 Å². The number of piperidine rings is 1. The van der Waals surface area contributed by atoms with Crippen LogP contribution in [0.5, 0.6) is 11.5 Å². The molecule has 1 saturated heterocycles. The Kier molecular flexibility index (Phi) is 4.88. The van der Waals surface area contributed by atoms with E-state index in [1.807, 2.05) is 24.0 Å². The highest BCUT2D eigenvalue weighted by Crippen LogP contribution is 2.53. The highest BCUT2D eigenvalue weighted by molar-refractivity contribution is 5.84. The van der Waals surface area contributed by atoms with Gasteiger partial charge in [0, 0.05) is 30.6 Å². The number of ether oxygens (including phenoxy) is 3. The molecular weight excluding hydrogens is 322 g/mol. The SMILES string of the molecule is CCOC(=O)[C@@H]1[C@H]2[C@@H]1N(Cc1ccc(OC)cc1OC)C(=O)C[C@H]2C. The van der Waals surface area contributed by atoms with Crippen LogP contribution in [0.15, 0.2) is 18.2 Å². The maximum atomic E-state index is 12.6. The van der Waals surface area contributed by atoms with Crippen molar-refractivity contribution in [3.63, 3.8) is 0 Å². The van der Waals surface area contributed by atoms with Crippen molar-refractivity contribution in [2.45, 2.75) is 32.9 Å². The predicted octanol–water partition coefficient (Wildman–Crippen LogP) is 2.25. The van der Waals surface area contributed by atoms with Crippen molar-refractivity contribution in [3.8, 4) is 11.5 Å². The van der Waals surface area contributed by atoms with Crippen molar-refractivity contribution < 1.29 is 23.8 Å². The molecule has 1 heterocycles. The lowest BCUT2D eigenvalue weighted by molar-refractivity contribution is -0.145. The molecule has 136 valence electrons. The molecule has 0 bridgehead atoms. The number of esters is 1. The summed E-state index contributed by atoms with van der Waals surface area (Å²) in [6.45, 7) is 4.64. The fourth-order valence-corrected chi connectivity index (χ4v) is 4.00. The number of hydrogen-bond donors (Lipinski definition) is 0. The molecule has 1 saturated carbocycles. The van der Waals surface area contributed by atoms with Gasteiger partial charge in [-0.3, -0.25) is 9.59 Å². The highest BCUT2D eigenvalue weighted by Gasteiger charge is 2.64. The van der Waals surface area contributed by atoms with Gasteiger partial charge in [0.1, 0.15) is 11.5 Å². The third-order valence-electron chi connectivity index (χ3n) is 5.26. The molecule has 1 amide bonds. The van der Waals surface area contributed by atoms with Gasteiger partial charge in [0.25, 0.3) is 0 Å². The summed E-state index contributed by atoms with van der Waals surface area (Å²) >= 11 is 0. The van der Waals surface area contributed by atoms with Gasteiger partial charge < -0.3 is 19.1 Å². The fourth-order valence-electron chi connectivity index (χ4n) is 4.00. The third kappa shape index (κ3) is 3.17. The zero-order valence-electron chi connectivity index (χ0n) is 15.2. The van der Waals surface area contributed by atoms with E-state index in [1.165, 1.54) is 0 Å². The predicted molar refractivity (Wildman–Crippen MR) is 91.3 cm³/mol. The maximum absolute atomic E-state index is 12.6. The van der Waals surface area contributed by atoms with E-state index in [0.717, 1.165) is 5.56 Å². The Morgan fingerprint density at radius 2 is 2.04 bits per heavy atom. The monoisotopic (exact) mass is 347 g/mol. The van der Waals surface area contributed by atoms with Crippen LogP contribution in [0, 0.1) is 17.8 Å². The van der Waals surface area contributed by atoms with Crippen LogP contribution in [-0.4, -0.2) is 43.6 Å². The molecule has 1 aromatic carbocycles. The number of rotatable bonds is 6. The molecule has 0 radical (unpaired) electrons. The van der Waals surface area contributed by atoms with Gasteiger partial charge in [-0.1, -0.05) is 6.92 Å². The lowest BCUT2D eigenvalue weighted by Gasteiger charge is -2.30. The van der Waals surface area contributed by atoms with Crippen molar-refractivity contribution in [2.75, 3.05) is 20.8 Å². The second-order valence-corrected chi connectivity index (χ2v) is 6.73. The highest BCUT2D eigenvalue weighted by atomic mass is 16.5. The standard InChI is InChI=1S/C19H25NO5/c1-5-25-19(22)17-16-11(2)8-15(21)20(18(16)17)10-12-6-7-13(23-3)9-14(12)24-4/h6-7,9,11,16-18H,5,8,10H2,1-4H3/t11-,16+,17-,18+/m1/s1. The van der Waals surface area contributed by atoms with E-state index in [-0.39, 0.29) is 35.7 Å². The summed E-state index contributed by atoms with van der Waals surface area (Å²) in [7, 11) is 3.20. The first-order chi connectivity index (χ1) is 12.0. The van der Waals surface area contributed by atoms with E-state index in [0.29, 0.717) is 31.1 Å². The first-order valence-electron chi connectivity index (χ1n) is 8.68. The van der Waals surface area contributed by atoms with Crippen LogP contribution in [0.25, 0.3) is 0 Å². The van der Waals surface area contributed by atoms with E-state index < -0.39 is 0 Å². The summed E-state index contributed by atoms with van der Waals surface area (Å²) in [5.74, 6) is 1.47. The number of methoxy groups -OCH3 is 2. The van der Waals surface area contributed by atoms with E-state index in [9.17, 15) is 9.59 Å². The van der Waals surface area contributed by atoms with Gasteiger partial charge in [0.2, 0.25) is 5.91 Å². The van der Waals surface area contributed by atoms with Crippen LogP contribution in [-0.2, 0) is 20.9 Å². The average Bonchev–Trinajstić information content (AvgIpc) is 3.35. The number of nitrogens with zero attached hydrogens (tertiary/aromatic N) is 1. The van der Waals surface area contributed by atoms with E-state index in [2.05, 4.69) is 0 Å². The summed E-state index contributed by atoms with van der Waals surface area (Å²) in [5, 5.41) is 0. The molecule has 6 nitrogen and oxygen atoms in total. The molecule has 1 aromatic rings. The molecule has 0 aromatic heterocycles. The number of likely N-dealkylation sites (tertiary alicyclic amines) is 1. The number of carbonyl (C=O) groups excluding carboxylic acids is 2. The fraction of sp³-hybridized carbons (Fsp3) is 0.579. The van der Waals surface area contributed by atoms with Crippen molar-refractivity contribution in [1.82, 2.24) is 4.90 Å². The summed E-state index contributed by atoms with van der Waals surface area (Å²) in [4.78, 5) is 26.6. The van der Waals surface area contributed by atoms with Gasteiger partial charge in [-0.15, -0.1) is 0 Å². The van der Waals surface area contributed by atoms with Crippen molar-refractivity contribution in [3.05, 3.63) is 23.8 Å². The van der Waals surface area contributed by atoms with E-state index >= 15 is 0 Å². The number of amides is 1.